The molecule has 5 nitrogen and oxygen atoms in total. The van der Waals surface area contributed by atoms with Gasteiger partial charge in [0.1, 0.15) is 6.10 Å². The third-order valence-corrected chi connectivity index (χ3v) is 7.52. The summed E-state index contributed by atoms with van der Waals surface area (Å²) in [4.78, 5) is 36.3. The van der Waals surface area contributed by atoms with Crippen LogP contribution in [0.2, 0.25) is 0 Å². The molecule has 1 heterocycles. The van der Waals surface area contributed by atoms with E-state index in [4.69, 9.17) is 4.74 Å². The highest BCUT2D eigenvalue weighted by Crippen LogP contribution is 2.35. The summed E-state index contributed by atoms with van der Waals surface area (Å²) >= 11 is 0. The first-order valence-corrected chi connectivity index (χ1v) is 14.9. The number of hydrogen-bond acceptors (Lipinski definition) is 4. The van der Waals surface area contributed by atoms with Gasteiger partial charge in [-0.05, 0) is 37.5 Å². The molecule has 5 heteroatoms. The lowest BCUT2D eigenvalue weighted by molar-refractivity contribution is -0.187. The minimum absolute atomic E-state index is 0.00661. The van der Waals surface area contributed by atoms with Crippen LogP contribution in [0.15, 0.2) is 0 Å². The molecule has 0 saturated carbocycles. The van der Waals surface area contributed by atoms with E-state index in [0.717, 1.165) is 32.1 Å². The molecule has 1 fully saturated rings. The highest BCUT2D eigenvalue weighted by molar-refractivity contribution is 5.86. The topological polar surface area (TPSA) is 72.5 Å². The van der Waals surface area contributed by atoms with E-state index in [-0.39, 0.29) is 29.7 Å². The van der Waals surface area contributed by atoms with Crippen molar-refractivity contribution in [1.82, 2.24) is 5.32 Å². The van der Waals surface area contributed by atoms with E-state index >= 15 is 0 Å². The summed E-state index contributed by atoms with van der Waals surface area (Å²) in [7, 11) is 0. The highest BCUT2D eigenvalue weighted by atomic mass is 16.6. The van der Waals surface area contributed by atoms with E-state index in [1.807, 2.05) is 0 Å². The van der Waals surface area contributed by atoms with Gasteiger partial charge in [-0.1, -0.05) is 111 Å². The smallest absolute Gasteiger partial charge is 0.313 e. The molecule has 0 spiro atoms. The average molecular weight is 494 g/mol. The second kappa shape index (κ2) is 19.8. The minimum atomic E-state index is -0.410. The van der Waals surface area contributed by atoms with Gasteiger partial charge < -0.3 is 10.1 Å². The van der Waals surface area contributed by atoms with Crippen molar-refractivity contribution >= 4 is 18.2 Å². The van der Waals surface area contributed by atoms with Gasteiger partial charge in [0.05, 0.1) is 12.0 Å². The zero-order valence-electron chi connectivity index (χ0n) is 23.3. The number of hydrogen-bond donors (Lipinski definition) is 1. The third kappa shape index (κ3) is 14.1. The van der Waals surface area contributed by atoms with Gasteiger partial charge in [0.15, 0.2) is 5.78 Å². The molecule has 0 bridgehead atoms. The number of cyclic esters (lactones) is 1. The molecule has 0 aliphatic carbocycles. The first-order valence-electron chi connectivity index (χ1n) is 14.9. The lowest BCUT2D eigenvalue weighted by Crippen LogP contribution is -2.46. The molecule has 0 radical (unpaired) electrons. The maximum Gasteiger partial charge on any atom is 0.313 e. The maximum atomic E-state index is 13.1. The summed E-state index contributed by atoms with van der Waals surface area (Å²) in [5, 5.41) is 2.75. The lowest BCUT2D eigenvalue weighted by atomic mass is 9.80. The molecule has 1 rings (SSSR count). The maximum absolute atomic E-state index is 13.1. The Labute approximate surface area is 215 Å². The second-order valence-electron chi connectivity index (χ2n) is 11.3. The first kappa shape index (κ1) is 31.6. The normalized spacial score (nSPS) is 19.2. The van der Waals surface area contributed by atoms with Gasteiger partial charge in [0.2, 0.25) is 6.41 Å². The number of carbonyl (C=O) groups is 3. The summed E-state index contributed by atoms with van der Waals surface area (Å²) in [6.45, 7) is 8.59. The summed E-state index contributed by atoms with van der Waals surface area (Å²) < 4.78 is 5.56. The summed E-state index contributed by atoms with van der Waals surface area (Å²) in [6, 6.07) is -0.410. The van der Waals surface area contributed by atoms with Crippen LogP contribution in [0.4, 0.5) is 0 Å². The Balaban J connectivity index is 2.58. The number of rotatable bonds is 24. The van der Waals surface area contributed by atoms with E-state index < -0.39 is 6.04 Å². The van der Waals surface area contributed by atoms with Gasteiger partial charge in [0.25, 0.3) is 0 Å². The molecular weight excluding hydrogens is 438 g/mol. The van der Waals surface area contributed by atoms with Crippen LogP contribution in [-0.2, 0) is 19.1 Å². The van der Waals surface area contributed by atoms with E-state index in [0.29, 0.717) is 25.2 Å². The fourth-order valence-electron chi connectivity index (χ4n) is 5.35. The zero-order chi connectivity index (χ0) is 25.9. The van der Waals surface area contributed by atoms with Crippen molar-refractivity contribution in [2.45, 2.75) is 155 Å². The molecule has 1 saturated heterocycles. The highest BCUT2D eigenvalue weighted by Gasteiger charge is 2.42. The molecule has 4 atom stereocenters. The van der Waals surface area contributed by atoms with Gasteiger partial charge in [-0.25, -0.2) is 0 Å². The number of amides is 1. The molecule has 0 aromatic rings. The molecule has 1 N–H and O–H groups in total. The van der Waals surface area contributed by atoms with E-state index in [2.05, 4.69) is 33.0 Å². The molecule has 1 aliphatic heterocycles. The number of ketones is 1. The Morgan fingerprint density at radius 3 is 2.03 bits per heavy atom. The Hall–Kier alpha value is -1.39. The molecule has 204 valence electrons. The standard InChI is InChI=1S/C30H55NO4/c1-5-7-9-11-12-13-14-15-16-18-25(21-28(33)27(31-23-32)20-24(3)4)22-29-26(30(34)35-29)19-17-10-8-6-2/h23-27,29H,5-22H2,1-4H3,(H,31,32)/t25-,26+,27+,29+/m1/s1. The van der Waals surface area contributed by atoms with Gasteiger partial charge in [-0.2, -0.15) is 0 Å². The largest absolute Gasteiger partial charge is 0.461 e. The SMILES string of the molecule is CCCCCCCCCCC[C@H](CC(=O)[C@H](CC(C)C)NC=O)C[C@@H]1OC(=O)[C@H]1CCCCCC. The van der Waals surface area contributed by atoms with Crippen LogP contribution in [0.3, 0.4) is 0 Å². The zero-order valence-corrected chi connectivity index (χ0v) is 23.3. The van der Waals surface area contributed by atoms with Crippen LogP contribution in [0, 0.1) is 17.8 Å². The Morgan fingerprint density at radius 2 is 1.49 bits per heavy atom. The molecule has 0 aromatic heterocycles. The quantitative estimate of drug-likeness (QED) is 0.0856. The molecule has 0 aromatic carbocycles. The molecule has 35 heavy (non-hydrogen) atoms. The summed E-state index contributed by atoms with van der Waals surface area (Å²) in [6.07, 6.45) is 20.6. The molecule has 0 unspecified atom stereocenters. The van der Waals surface area contributed by atoms with Crippen molar-refractivity contribution in [3.05, 3.63) is 0 Å². The minimum Gasteiger partial charge on any atom is -0.461 e. The molecule has 1 aliphatic rings. The third-order valence-electron chi connectivity index (χ3n) is 7.52. The number of nitrogens with one attached hydrogen (secondary N) is 1. The monoisotopic (exact) mass is 493 g/mol. The van der Waals surface area contributed by atoms with Crippen molar-refractivity contribution in [3.8, 4) is 0 Å². The Bertz CT molecular complexity index is 577. The number of esters is 1. The van der Waals surface area contributed by atoms with Crippen molar-refractivity contribution in [2.24, 2.45) is 17.8 Å². The summed E-state index contributed by atoms with van der Waals surface area (Å²) in [5.74, 6) is 0.627. The van der Waals surface area contributed by atoms with E-state index in [9.17, 15) is 14.4 Å². The van der Waals surface area contributed by atoms with Crippen LogP contribution in [-0.4, -0.2) is 30.3 Å². The van der Waals surface area contributed by atoms with Crippen molar-refractivity contribution in [2.75, 3.05) is 0 Å². The van der Waals surface area contributed by atoms with E-state index in [1.165, 1.54) is 70.6 Å². The van der Waals surface area contributed by atoms with Crippen molar-refractivity contribution < 1.29 is 19.1 Å². The number of ether oxygens (including phenoxy) is 1. The van der Waals surface area contributed by atoms with Gasteiger partial charge in [-0.3, -0.25) is 14.4 Å². The lowest BCUT2D eigenvalue weighted by Gasteiger charge is -2.37. The predicted octanol–water partition coefficient (Wildman–Crippen LogP) is 7.55. The van der Waals surface area contributed by atoms with Crippen LogP contribution in [0.1, 0.15) is 143 Å². The number of Topliss-reactive ketones (excluding diaryl/α,β-unsaturated/α-hetero) is 1. The van der Waals surface area contributed by atoms with Gasteiger partial charge in [-0.15, -0.1) is 0 Å². The fraction of sp³-hybridized carbons (Fsp3) is 0.900. The van der Waals surface area contributed by atoms with Crippen LogP contribution in [0.25, 0.3) is 0 Å². The van der Waals surface area contributed by atoms with Gasteiger partial charge in [0, 0.05) is 6.42 Å². The predicted molar refractivity (Wildman–Crippen MR) is 144 cm³/mol. The van der Waals surface area contributed by atoms with E-state index in [1.54, 1.807) is 0 Å². The second-order valence-corrected chi connectivity index (χ2v) is 11.3. The fourth-order valence-corrected chi connectivity index (χ4v) is 5.35. The average Bonchev–Trinajstić information content (AvgIpc) is 2.81. The van der Waals surface area contributed by atoms with Crippen molar-refractivity contribution in [1.29, 1.82) is 0 Å². The Morgan fingerprint density at radius 1 is 0.914 bits per heavy atom. The van der Waals surface area contributed by atoms with Gasteiger partial charge >= 0.3 is 5.97 Å². The Kier molecular flexibility index (Phi) is 17.9. The first-order chi connectivity index (χ1) is 16.9. The van der Waals surface area contributed by atoms with Crippen LogP contribution < -0.4 is 5.32 Å². The molecular formula is C30H55NO4. The van der Waals surface area contributed by atoms with Crippen molar-refractivity contribution in [3.63, 3.8) is 0 Å². The number of carbonyl (C=O) groups excluding carboxylic acids is 3. The van der Waals surface area contributed by atoms with Crippen LogP contribution >= 0.6 is 0 Å². The summed E-state index contributed by atoms with van der Waals surface area (Å²) in [5.41, 5.74) is 0. The van der Waals surface area contributed by atoms with Crippen LogP contribution in [0.5, 0.6) is 0 Å². The molecule has 1 amide bonds. The number of unbranched alkanes of at least 4 members (excludes halogenated alkanes) is 11.